The largest absolute Gasteiger partial charge is 0.495 e. The third-order valence-electron chi connectivity index (χ3n) is 4.24. The third-order valence-corrected chi connectivity index (χ3v) is 7.77. The molecular weight excluding hydrogens is 412 g/mol. The minimum absolute atomic E-state index is 0.00163. The van der Waals surface area contributed by atoms with Crippen LogP contribution in [0.1, 0.15) is 12.8 Å². The average Bonchev–Trinajstić information content (AvgIpc) is 3.17. The molecule has 0 unspecified atom stereocenters. The van der Waals surface area contributed by atoms with Gasteiger partial charge in [0.05, 0.1) is 22.6 Å². The van der Waals surface area contributed by atoms with Gasteiger partial charge in [-0.3, -0.25) is 4.72 Å². The fourth-order valence-electron chi connectivity index (χ4n) is 2.82. The molecule has 3 rings (SSSR count). The number of rotatable bonds is 6. The molecule has 7 nitrogen and oxygen atoms in total. The van der Waals surface area contributed by atoms with Gasteiger partial charge >= 0.3 is 0 Å². The second-order valence-electron chi connectivity index (χ2n) is 6.03. The summed E-state index contributed by atoms with van der Waals surface area (Å²) < 4.78 is 59.7. The van der Waals surface area contributed by atoms with E-state index in [0.29, 0.717) is 18.1 Å². The van der Waals surface area contributed by atoms with Crippen LogP contribution in [0, 0.1) is 0 Å². The van der Waals surface area contributed by atoms with Crippen LogP contribution in [0.25, 0.3) is 0 Å². The minimum Gasteiger partial charge on any atom is -0.495 e. The van der Waals surface area contributed by atoms with Crippen LogP contribution in [-0.4, -0.2) is 41.3 Å². The van der Waals surface area contributed by atoms with Crippen LogP contribution in [0.5, 0.6) is 5.75 Å². The summed E-state index contributed by atoms with van der Waals surface area (Å²) in [5, 5.41) is 0.408. The van der Waals surface area contributed by atoms with Gasteiger partial charge < -0.3 is 4.74 Å². The van der Waals surface area contributed by atoms with Gasteiger partial charge in [-0.05, 0) is 55.3 Å². The summed E-state index contributed by atoms with van der Waals surface area (Å²) in [6, 6.07) is 9.77. The summed E-state index contributed by atoms with van der Waals surface area (Å²) in [7, 11) is -6.25. The second-order valence-corrected chi connectivity index (χ2v) is 10.1. The number of hydrogen-bond donors (Lipinski definition) is 1. The maximum absolute atomic E-state index is 12.8. The molecule has 0 aliphatic carbocycles. The van der Waals surface area contributed by atoms with Crippen LogP contribution in [0.2, 0.25) is 5.02 Å². The van der Waals surface area contributed by atoms with Gasteiger partial charge in [0.15, 0.2) is 0 Å². The highest BCUT2D eigenvalue weighted by atomic mass is 35.5. The van der Waals surface area contributed by atoms with E-state index >= 15 is 0 Å². The summed E-state index contributed by atoms with van der Waals surface area (Å²) in [4.78, 5) is 0.0146. The maximum atomic E-state index is 12.8. The molecule has 0 radical (unpaired) electrons. The highest BCUT2D eigenvalue weighted by molar-refractivity contribution is 7.92. The van der Waals surface area contributed by atoms with Crippen LogP contribution >= 0.6 is 11.6 Å². The number of nitrogens with one attached hydrogen (secondary N) is 1. The Morgan fingerprint density at radius 1 is 0.963 bits per heavy atom. The van der Waals surface area contributed by atoms with E-state index < -0.39 is 20.0 Å². The second kappa shape index (κ2) is 7.67. The lowest BCUT2D eigenvalue weighted by molar-refractivity contribution is 0.416. The first-order chi connectivity index (χ1) is 12.7. The van der Waals surface area contributed by atoms with E-state index in [2.05, 4.69) is 4.72 Å². The lowest BCUT2D eigenvalue weighted by Crippen LogP contribution is -2.28. The highest BCUT2D eigenvalue weighted by Gasteiger charge is 2.28. The summed E-state index contributed by atoms with van der Waals surface area (Å²) in [6.45, 7) is 0.917. The van der Waals surface area contributed by atoms with Gasteiger partial charge in [-0.25, -0.2) is 16.8 Å². The molecule has 2 aromatic rings. The number of methoxy groups -OCH3 is 1. The van der Waals surface area contributed by atoms with E-state index in [-0.39, 0.29) is 21.2 Å². The Morgan fingerprint density at radius 2 is 1.56 bits per heavy atom. The topological polar surface area (TPSA) is 92.8 Å². The van der Waals surface area contributed by atoms with Gasteiger partial charge in [0.25, 0.3) is 10.0 Å². The molecule has 146 valence electrons. The molecule has 1 fully saturated rings. The van der Waals surface area contributed by atoms with Crippen molar-refractivity contribution in [2.24, 2.45) is 0 Å². The van der Waals surface area contributed by atoms with Gasteiger partial charge in [0.2, 0.25) is 10.0 Å². The zero-order valence-corrected chi connectivity index (χ0v) is 16.9. The molecule has 1 N–H and O–H groups in total. The standard InChI is InChI=1S/C17H19ClN2O5S2/c1-25-17-9-8-15(27(23,24)20-10-2-3-11-20)12-16(17)19-26(21,22)14-6-4-13(18)5-7-14/h4-9,12,19H,2-3,10-11H2,1H3. The average molecular weight is 431 g/mol. The summed E-state index contributed by atoms with van der Waals surface area (Å²) in [5.74, 6) is 0.216. The lowest BCUT2D eigenvalue weighted by Gasteiger charge is -2.18. The van der Waals surface area contributed by atoms with Crippen molar-refractivity contribution in [3.8, 4) is 5.75 Å². The van der Waals surface area contributed by atoms with Crippen molar-refractivity contribution in [1.29, 1.82) is 0 Å². The molecule has 0 spiro atoms. The molecule has 0 bridgehead atoms. The van der Waals surface area contributed by atoms with Crippen LogP contribution in [0.3, 0.4) is 0 Å². The number of anilines is 1. The Labute approximate surface area is 164 Å². The monoisotopic (exact) mass is 430 g/mol. The van der Waals surface area contributed by atoms with E-state index in [9.17, 15) is 16.8 Å². The molecular formula is C17H19ClN2O5S2. The van der Waals surface area contributed by atoms with Crippen molar-refractivity contribution in [3.05, 3.63) is 47.5 Å². The van der Waals surface area contributed by atoms with Crippen LogP contribution in [0.4, 0.5) is 5.69 Å². The number of sulfonamides is 2. The van der Waals surface area contributed by atoms with Gasteiger partial charge in [0.1, 0.15) is 5.75 Å². The third kappa shape index (κ3) is 4.21. The normalized spacial score (nSPS) is 15.6. The van der Waals surface area contributed by atoms with Crippen molar-refractivity contribution < 1.29 is 21.6 Å². The first kappa shape index (κ1) is 19.9. The van der Waals surface area contributed by atoms with Crippen LogP contribution in [0.15, 0.2) is 52.3 Å². The molecule has 27 heavy (non-hydrogen) atoms. The Hall–Kier alpha value is -1.81. The van der Waals surface area contributed by atoms with E-state index in [1.165, 1.54) is 53.9 Å². The zero-order valence-electron chi connectivity index (χ0n) is 14.6. The van der Waals surface area contributed by atoms with Crippen molar-refractivity contribution in [2.45, 2.75) is 22.6 Å². The molecule has 1 aliphatic rings. The summed E-state index contributed by atoms with van der Waals surface area (Å²) in [6.07, 6.45) is 1.62. The number of hydrogen-bond acceptors (Lipinski definition) is 5. The van der Waals surface area contributed by atoms with Gasteiger partial charge in [0, 0.05) is 18.1 Å². The summed E-state index contributed by atoms with van der Waals surface area (Å²) >= 11 is 5.80. The highest BCUT2D eigenvalue weighted by Crippen LogP contribution is 2.31. The Balaban J connectivity index is 1.98. The number of ether oxygens (including phenoxy) is 1. The number of nitrogens with zero attached hydrogens (tertiary/aromatic N) is 1. The molecule has 1 heterocycles. The van der Waals surface area contributed by atoms with Crippen molar-refractivity contribution in [3.63, 3.8) is 0 Å². The van der Waals surface area contributed by atoms with Crippen LogP contribution in [-0.2, 0) is 20.0 Å². The van der Waals surface area contributed by atoms with Gasteiger partial charge in [-0.2, -0.15) is 4.31 Å². The quantitative estimate of drug-likeness (QED) is 0.760. The SMILES string of the molecule is COc1ccc(S(=O)(=O)N2CCCC2)cc1NS(=O)(=O)c1ccc(Cl)cc1. The molecule has 10 heteroatoms. The molecule has 1 saturated heterocycles. The maximum Gasteiger partial charge on any atom is 0.262 e. The Bertz CT molecular complexity index is 1030. The number of halogens is 1. The summed E-state index contributed by atoms with van der Waals surface area (Å²) in [5.41, 5.74) is 0.0488. The molecule has 2 aromatic carbocycles. The molecule has 0 atom stereocenters. The number of benzene rings is 2. The fourth-order valence-corrected chi connectivity index (χ4v) is 5.55. The van der Waals surface area contributed by atoms with E-state index in [1.54, 1.807) is 0 Å². The van der Waals surface area contributed by atoms with Crippen molar-refractivity contribution >= 4 is 37.3 Å². The van der Waals surface area contributed by atoms with E-state index in [1.807, 2.05) is 0 Å². The first-order valence-corrected chi connectivity index (χ1v) is 11.5. The Kier molecular flexibility index (Phi) is 5.66. The predicted molar refractivity (Wildman–Crippen MR) is 103 cm³/mol. The lowest BCUT2D eigenvalue weighted by atomic mass is 10.3. The predicted octanol–water partition coefficient (Wildman–Crippen LogP) is 2.93. The van der Waals surface area contributed by atoms with Gasteiger partial charge in [-0.15, -0.1) is 0 Å². The molecule has 0 saturated carbocycles. The van der Waals surface area contributed by atoms with E-state index in [4.69, 9.17) is 16.3 Å². The van der Waals surface area contributed by atoms with Crippen molar-refractivity contribution in [2.75, 3.05) is 24.9 Å². The molecule has 0 aromatic heterocycles. The first-order valence-electron chi connectivity index (χ1n) is 8.20. The minimum atomic E-state index is -3.94. The van der Waals surface area contributed by atoms with Gasteiger partial charge in [-0.1, -0.05) is 11.6 Å². The zero-order chi connectivity index (χ0) is 19.7. The van der Waals surface area contributed by atoms with Crippen molar-refractivity contribution in [1.82, 2.24) is 4.31 Å². The van der Waals surface area contributed by atoms with Crippen LogP contribution < -0.4 is 9.46 Å². The molecule has 1 aliphatic heterocycles. The smallest absolute Gasteiger partial charge is 0.262 e. The Morgan fingerprint density at radius 3 is 2.15 bits per heavy atom. The fraction of sp³-hybridized carbons (Fsp3) is 0.294. The van der Waals surface area contributed by atoms with E-state index in [0.717, 1.165) is 12.8 Å². The molecule has 0 amide bonds.